The van der Waals surface area contributed by atoms with E-state index in [4.69, 9.17) is 4.42 Å². The van der Waals surface area contributed by atoms with Gasteiger partial charge in [0.2, 0.25) is 0 Å². The Balaban J connectivity index is 1.71. The summed E-state index contributed by atoms with van der Waals surface area (Å²) in [5.41, 5.74) is 3.37. The van der Waals surface area contributed by atoms with E-state index in [0.29, 0.717) is 12.1 Å². The zero-order valence-corrected chi connectivity index (χ0v) is 15.7. The van der Waals surface area contributed by atoms with Crippen LogP contribution in [0, 0.1) is 0 Å². The Hall–Kier alpha value is -2.63. The highest BCUT2D eigenvalue weighted by molar-refractivity contribution is 5.97. The van der Waals surface area contributed by atoms with Gasteiger partial charge in [0.15, 0.2) is 5.65 Å². The molecule has 1 aliphatic rings. The number of carbonyl (C=O) groups excluding carboxylic acids is 1. The molecule has 1 aliphatic heterocycles. The largest absolute Gasteiger partial charge is 0.469 e. The van der Waals surface area contributed by atoms with Crippen molar-refractivity contribution in [2.75, 3.05) is 6.54 Å². The Morgan fingerprint density at radius 2 is 2.12 bits per heavy atom. The first-order valence-corrected chi connectivity index (χ1v) is 9.02. The van der Waals surface area contributed by atoms with Crippen LogP contribution in [0.25, 0.3) is 11.0 Å². The van der Waals surface area contributed by atoms with Gasteiger partial charge < -0.3 is 9.32 Å². The minimum Gasteiger partial charge on any atom is -0.469 e. The Morgan fingerprint density at radius 3 is 2.88 bits per heavy atom. The van der Waals surface area contributed by atoms with Crippen LogP contribution in [0.5, 0.6) is 0 Å². The SMILES string of the molecule is Cn1nc(C(C)(C)C)c2cc(C(=O)N3CCCc4occc4C3)cnc21. The Bertz CT molecular complexity index is 978. The summed E-state index contributed by atoms with van der Waals surface area (Å²) >= 11 is 0. The van der Waals surface area contributed by atoms with Gasteiger partial charge in [0.05, 0.1) is 17.5 Å². The third-order valence-electron chi connectivity index (χ3n) is 4.95. The average molecular weight is 352 g/mol. The van der Waals surface area contributed by atoms with Gasteiger partial charge in [-0.05, 0) is 18.6 Å². The summed E-state index contributed by atoms with van der Waals surface area (Å²) in [4.78, 5) is 19.5. The van der Waals surface area contributed by atoms with Gasteiger partial charge in [0.25, 0.3) is 5.91 Å². The number of furan rings is 1. The standard InChI is InChI=1S/C20H24N4O2/c1-20(2,3)17-15-10-14(11-21-18(15)23(4)22-17)19(25)24-8-5-6-16-13(12-24)7-9-26-16/h7,9-11H,5-6,8,12H2,1-4H3. The molecular formula is C20H24N4O2. The van der Waals surface area contributed by atoms with E-state index in [9.17, 15) is 4.79 Å². The van der Waals surface area contributed by atoms with Crippen molar-refractivity contribution in [2.24, 2.45) is 7.05 Å². The fraction of sp³-hybridized carbons (Fsp3) is 0.450. The van der Waals surface area contributed by atoms with E-state index in [0.717, 1.165) is 47.4 Å². The maximum Gasteiger partial charge on any atom is 0.255 e. The minimum atomic E-state index is -0.114. The monoisotopic (exact) mass is 352 g/mol. The lowest BCUT2D eigenvalue weighted by molar-refractivity contribution is 0.0745. The maximum atomic E-state index is 13.1. The second-order valence-corrected chi connectivity index (χ2v) is 8.02. The van der Waals surface area contributed by atoms with Gasteiger partial charge in [-0.1, -0.05) is 20.8 Å². The van der Waals surface area contributed by atoms with E-state index in [-0.39, 0.29) is 11.3 Å². The lowest BCUT2D eigenvalue weighted by Crippen LogP contribution is -2.30. The summed E-state index contributed by atoms with van der Waals surface area (Å²) in [5, 5.41) is 5.58. The molecule has 26 heavy (non-hydrogen) atoms. The Kier molecular flexibility index (Phi) is 3.86. The van der Waals surface area contributed by atoms with E-state index >= 15 is 0 Å². The summed E-state index contributed by atoms with van der Waals surface area (Å²) in [6, 6.07) is 3.90. The molecule has 0 bridgehead atoms. The number of nitrogens with zero attached hydrogens (tertiary/aromatic N) is 4. The van der Waals surface area contributed by atoms with Gasteiger partial charge >= 0.3 is 0 Å². The number of aromatic nitrogens is 3. The highest BCUT2D eigenvalue weighted by Crippen LogP contribution is 2.29. The van der Waals surface area contributed by atoms with Crippen molar-refractivity contribution in [3.8, 4) is 0 Å². The zero-order chi connectivity index (χ0) is 18.5. The van der Waals surface area contributed by atoms with Crippen LogP contribution in [0.3, 0.4) is 0 Å². The summed E-state index contributed by atoms with van der Waals surface area (Å²) in [7, 11) is 1.89. The van der Waals surface area contributed by atoms with Crippen LogP contribution in [0.15, 0.2) is 29.0 Å². The first kappa shape index (κ1) is 16.8. The molecule has 0 spiro atoms. The smallest absolute Gasteiger partial charge is 0.255 e. The first-order valence-electron chi connectivity index (χ1n) is 9.02. The topological polar surface area (TPSA) is 64.2 Å². The molecule has 0 atom stereocenters. The fourth-order valence-electron chi connectivity index (χ4n) is 3.61. The number of pyridine rings is 1. The Labute approximate surface area is 152 Å². The summed E-state index contributed by atoms with van der Waals surface area (Å²) in [6.07, 6.45) is 5.15. The molecule has 0 fully saturated rings. The van der Waals surface area contributed by atoms with Crippen molar-refractivity contribution in [3.63, 3.8) is 0 Å². The zero-order valence-electron chi connectivity index (χ0n) is 15.7. The van der Waals surface area contributed by atoms with Crippen LogP contribution in [0.1, 0.15) is 54.6 Å². The highest BCUT2D eigenvalue weighted by atomic mass is 16.3. The van der Waals surface area contributed by atoms with Crippen LogP contribution in [0.2, 0.25) is 0 Å². The predicted octanol–water partition coefficient (Wildman–Crippen LogP) is 3.45. The van der Waals surface area contributed by atoms with Gasteiger partial charge in [-0.25, -0.2) is 4.98 Å². The minimum absolute atomic E-state index is 0.0113. The third-order valence-corrected chi connectivity index (χ3v) is 4.95. The Morgan fingerprint density at radius 1 is 1.31 bits per heavy atom. The van der Waals surface area contributed by atoms with E-state index in [1.54, 1.807) is 17.1 Å². The lowest BCUT2D eigenvalue weighted by atomic mass is 9.90. The van der Waals surface area contributed by atoms with Gasteiger partial charge in [0.1, 0.15) is 5.76 Å². The van der Waals surface area contributed by atoms with E-state index in [1.165, 1.54) is 0 Å². The van der Waals surface area contributed by atoms with E-state index < -0.39 is 0 Å². The summed E-state index contributed by atoms with van der Waals surface area (Å²) in [6.45, 7) is 7.68. The number of hydrogen-bond acceptors (Lipinski definition) is 4. The van der Waals surface area contributed by atoms with Crippen LogP contribution >= 0.6 is 0 Å². The van der Waals surface area contributed by atoms with Crippen LogP contribution in [0.4, 0.5) is 0 Å². The molecule has 136 valence electrons. The van der Waals surface area contributed by atoms with E-state index in [2.05, 4.69) is 30.9 Å². The molecule has 0 radical (unpaired) electrons. The molecule has 3 aromatic heterocycles. The molecule has 1 amide bonds. The molecule has 4 heterocycles. The molecule has 3 aromatic rings. The van der Waals surface area contributed by atoms with Crippen molar-refractivity contribution in [1.82, 2.24) is 19.7 Å². The second-order valence-electron chi connectivity index (χ2n) is 8.02. The highest BCUT2D eigenvalue weighted by Gasteiger charge is 2.26. The van der Waals surface area contributed by atoms with Gasteiger partial charge in [-0.3, -0.25) is 9.48 Å². The van der Waals surface area contributed by atoms with Crippen LogP contribution < -0.4 is 0 Å². The number of rotatable bonds is 1. The first-order chi connectivity index (χ1) is 12.3. The molecule has 0 saturated carbocycles. The molecule has 0 N–H and O–H groups in total. The van der Waals surface area contributed by atoms with Crippen molar-refractivity contribution >= 4 is 16.9 Å². The second kappa shape index (κ2) is 5.97. The molecule has 4 rings (SSSR count). The number of fused-ring (bicyclic) bond motifs is 2. The molecule has 6 nitrogen and oxygen atoms in total. The van der Waals surface area contributed by atoms with Crippen LogP contribution in [-0.2, 0) is 25.4 Å². The lowest BCUT2D eigenvalue weighted by Gasteiger charge is -2.20. The number of amides is 1. The maximum absolute atomic E-state index is 13.1. The number of carbonyl (C=O) groups is 1. The van der Waals surface area contributed by atoms with Gasteiger partial charge in [0, 0.05) is 49.1 Å². The summed E-state index contributed by atoms with van der Waals surface area (Å²) < 4.78 is 7.31. The normalized spacial score (nSPS) is 15.2. The number of aryl methyl sites for hydroxylation is 2. The van der Waals surface area contributed by atoms with E-state index in [1.807, 2.05) is 24.1 Å². The molecule has 0 aromatic carbocycles. The molecule has 0 aliphatic carbocycles. The van der Waals surface area contributed by atoms with Crippen molar-refractivity contribution in [3.05, 3.63) is 47.2 Å². The van der Waals surface area contributed by atoms with Crippen molar-refractivity contribution in [1.29, 1.82) is 0 Å². The quantitative estimate of drug-likeness (QED) is 0.673. The molecule has 0 saturated heterocycles. The van der Waals surface area contributed by atoms with Gasteiger partial charge in [-0.2, -0.15) is 5.10 Å². The van der Waals surface area contributed by atoms with Crippen molar-refractivity contribution in [2.45, 2.75) is 45.6 Å². The fourth-order valence-corrected chi connectivity index (χ4v) is 3.61. The third kappa shape index (κ3) is 2.79. The molecular weight excluding hydrogens is 328 g/mol. The van der Waals surface area contributed by atoms with Crippen LogP contribution in [-0.4, -0.2) is 32.1 Å². The van der Waals surface area contributed by atoms with Gasteiger partial charge in [-0.15, -0.1) is 0 Å². The van der Waals surface area contributed by atoms with Crippen molar-refractivity contribution < 1.29 is 9.21 Å². The summed E-state index contributed by atoms with van der Waals surface area (Å²) in [5.74, 6) is 1.01. The predicted molar refractivity (Wildman–Crippen MR) is 99.0 cm³/mol. The molecule has 6 heteroatoms. The number of hydrogen-bond donors (Lipinski definition) is 0. The average Bonchev–Trinajstić information content (AvgIpc) is 3.11. The molecule has 0 unspecified atom stereocenters.